The highest BCUT2D eigenvalue weighted by atomic mass is 35.5. The molecule has 0 unspecified atom stereocenters. The van der Waals surface area contributed by atoms with E-state index in [0.717, 1.165) is 43.9 Å². The van der Waals surface area contributed by atoms with Crippen LogP contribution in [0.5, 0.6) is 0 Å². The molecule has 0 radical (unpaired) electrons. The fraction of sp³-hybridized carbons (Fsp3) is 0.368. The molecular weight excluding hydrogens is 306 g/mol. The van der Waals surface area contributed by atoms with Crippen molar-refractivity contribution in [1.82, 2.24) is 9.80 Å². The molecule has 0 atom stereocenters. The molecule has 0 aromatic heterocycles. The third-order valence-corrected chi connectivity index (χ3v) is 4.94. The lowest BCUT2D eigenvalue weighted by Crippen LogP contribution is -2.43. The summed E-state index contributed by atoms with van der Waals surface area (Å²) in [4.78, 5) is 4.89. The topological polar surface area (TPSA) is 32.5 Å². The van der Waals surface area contributed by atoms with Gasteiger partial charge in [0.25, 0.3) is 0 Å². The fourth-order valence-electron chi connectivity index (χ4n) is 2.99. The number of nitrogens with two attached hydrogens (primary N) is 1. The minimum Gasteiger partial charge on any atom is -0.397 e. The van der Waals surface area contributed by atoms with Crippen molar-refractivity contribution in [2.24, 2.45) is 0 Å². The summed E-state index contributed by atoms with van der Waals surface area (Å²) in [5.74, 6) is 0. The van der Waals surface area contributed by atoms with E-state index in [1.807, 2.05) is 13.0 Å². The van der Waals surface area contributed by atoms with E-state index < -0.39 is 0 Å². The van der Waals surface area contributed by atoms with Crippen molar-refractivity contribution >= 4 is 17.3 Å². The predicted molar refractivity (Wildman–Crippen MR) is 98.8 cm³/mol. The molecule has 2 N–H and O–H groups in total. The maximum atomic E-state index is 6.21. The fourth-order valence-corrected chi connectivity index (χ4v) is 3.26. The summed E-state index contributed by atoms with van der Waals surface area (Å²) in [7, 11) is 2.19. The van der Waals surface area contributed by atoms with E-state index in [4.69, 9.17) is 17.3 Å². The van der Waals surface area contributed by atoms with Crippen LogP contribution in [-0.4, -0.2) is 43.0 Å². The van der Waals surface area contributed by atoms with Crippen LogP contribution in [0.1, 0.15) is 11.1 Å². The number of hydrogen-bond donors (Lipinski definition) is 1. The quantitative estimate of drug-likeness (QED) is 0.872. The van der Waals surface area contributed by atoms with Crippen molar-refractivity contribution in [2.45, 2.75) is 13.5 Å². The maximum Gasteiger partial charge on any atom is 0.0644 e. The molecule has 4 heteroatoms. The molecule has 2 aromatic carbocycles. The molecule has 0 spiro atoms. The molecule has 1 saturated heterocycles. The third-order valence-electron chi connectivity index (χ3n) is 4.63. The Balaban J connectivity index is 1.72. The lowest BCUT2D eigenvalue weighted by atomic mass is 10.0. The highest BCUT2D eigenvalue weighted by molar-refractivity contribution is 6.33. The highest BCUT2D eigenvalue weighted by Gasteiger charge is 2.13. The van der Waals surface area contributed by atoms with Gasteiger partial charge >= 0.3 is 0 Å². The van der Waals surface area contributed by atoms with Crippen LogP contribution in [0, 0.1) is 6.92 Å². The van der Waals surface area contributed by atoms with Gasteiger partial charge in [-0.25, -0.2) is 0 Å². The number of piperazine rings is 1. The number of halogens is 1. The first-order valence-corrected chi connectivity index (χ1v) is 8.46. The minimum absolute atomic E-state index is 0.626. The Morgan fingerprint density at radius 1 is 1.00 bits per heavy atom. The Morgan fingerprint density at radius 3 is 2.26 bits per heavy atom. The third kappa shape index (κ3) is 3.86. The number of likely N-dealkylation sites (N-methyl/N-ethyl adjacent to an activating group) is 1. The molecular formula is C19H24ClN3. The van der Waals surface area contributed by atoms with Gasteiger partial charge in [0.2, 0.25) is 0 Å². The Bertz CT molecular complexity index is 651. The van der Waals surface area contributed by atoms with Crippen LogP contribution >= 0.6 is 11.6 Å². The van der Waals surface area contributed by atoms with Crippen molar-refractivity contribution in [2.75, 3.05) is 39.0 Å². The van der Waals surface area contributed by atoms with E-state index in [1.54, 1.807) is 0 Å². The molecule has 23 heavy (non-hydrogen) atoms. The SMILES string of the molecule is Cc1cc(-c2ccc(CN3CCN(C)CC3)cc2)cc(Cl)c1N. The monoisotopic (exact) mass is 329 g/mol. The summed E-state index contributed by atoms with van der Waals surface area (Å²) in [6, 6.07) is 12.8. The molecule has 122 valence electrons. The van der Waals surface area contributed by atoms with Crippen LogP contribution in [0.3, 0.4) is 0 Å². The zero-order valence-electron chi connectivity index (χ0n) is 13.8. The molecule has 1 heterocycles. The molecule has 1 aliphatic heterocycles. The highest BCUT2D eigenvalue weighted by Crippen LogP contribution is 2.30. The first-order valence-electron chi connectivity index (χ1n) is 8.09. The van der Waals surface area contributed by atoms with Gasteiger partial charge in [0.1, 0.15) is 0 Å². The molecule has 2 aromatic rings. The Hall–Kier alpha value is -1.55. The number of anilines is 1. The Morgan fingerprint density at radius 2 is 1.65 bits per heavy atom. The van der Waals surface area contributed by atoms with E-state index in [2.05, 4.69) is 47.2 Å². The number of nitrogens with zero attached hydrogens (tertiary/aromatic N) is 2. The summed E-state index contributed by atoms with van der Waals surface area (Å²) in [5.41, 5.74) is 11.3. The van der Waals surface area contributed by atoms with Gasteiger partial charge in [-0.15, -0.1) is 0 Å². The van der Waals surface area contributed by atoms with Crippen LogP contribution < -0.4 is 5.73 Å². The van der Waals surface area contributed by atoms with Crippen molar-refractivity contribution in [3.05, 3.63) is 52.5 Å². The maximum absolute atomic E-state index is 6.21. The molecule has 0 saturated carbocycles. The Kier molecular flexibility index (Phi) is 4.90. The van der Waals surface area contributed by atoms with Gasteiger partial charge < -0.3 is 10.6 Å². The van der Waals surface area contributed by atoms with Crippen molar-refractivity contribution in [1.29, 1.82) is 0 Å². The van der Waals surface area contributed by atoms with Gasteiger partial charge in [-0.2, -0.15) is 0 Å². The average Bonchev–Trinajstić information content (AvgIpc) is 2.55. The second-order valence-electron chi connectivity index (χ2n) is 6.46. The van der Waals surface area contributed by atoms with E-state index in [0.29, 0.717) is 10.7 Å². The van der Waals surface area contributed by atoms with Gasteiger partial charge in [0.05, 0.1) is 10.7 Å². The number of benzene rings is 2. The molecule has 3 rings (SSSR count). The van der Waals surface area contributed by atoms with Gasteiger partial charge in [-0.05, 0) is 48.4 Å². The molecule has 0 amide bonds. The van der Waals surface area contributed by atoms with Crippen LogP contribution in [0.15, 0.2) is 36.4 Å². The summed E-state index contributed by atoms with van der Waals surface area (Å²) in [6.45, 7) is 7.61. The van der Waals surface area contributed by atoms with Crippen molar-refractivity contribution in [3.8, 4) is 11.1 Å². The van der Waals surface area contributed by atoms with Gasteiger partial charge in [-0.3, -0.25) is 4.90 Å². The van der Waals surface area contributed by atoms with E-state index in [-0.39, 0.29) is 0 Å². The minimum atomic E-state index is 0.626. The van der Waals surface area contributed by atoms with Crippen LogP contribution in [-0.2, 0) is 6.54 Å². The molecule has 1 fully saturated rings. The first kappa shape index (κ1) is 16.3. The smallest absolute Gasteiger partial charge is 0.0644 e. The van der Waals surface area contributed by atoms with Crippen molar-refractivity contribution in [3.63, 3.8) is 0 Å². The van der Waals surface area contributed by atoms with Crippen LogP contribution in [0.4, 0.5) is 5.69 Å². The molecule has 1 aliphatic rings. The standard InChI is InChI=1S/C19H24ClN3/c1-14-11-17(12-18(20)19(14)21)16-5-3-15(4-6-16)13-23-9-7-22(2)8-10-23/h3-6,11-12H,7-10,13,21H2,1-2H3. The second kappa shape index (κ2) is 6.91. The van der Waals surface area contributed by atoms with Crippen LogP contribution in [0.25, 0.3) is 11.1 Å². The second-order valence-corrected chi connectivity index (χ2v) is 6.87. The Labute approximate surface area is 143 Å². The van der Waals surface area contributed by atoms with Gasteiger partial charge in [-0.1, -0.05) is 35.9 Å². The van der Waals surface area contributed by atoms with Crippen LogP contribution in [0.2, 0.25) is 5.02 Å². The largest absolute Gasteiger partial charge is 0.397 e. The number of rotatable bonds is 3. The van der Waals surface area contributed by atoms with E-state index in [9.17, 15) is 0 Å². The van der Waals surface area contributed by atoms with E-state index in [1.165, 1.54) is 11.1 Å². The van der Waals surface area contributed by atoms with Gasteiger partial charge in [0, 0.05) is 32.7 Å². The lowest BCUT2D eigenvalue weighted by molar-refractivity contribution is 0.148. The lowest BCUT2D eigenvalue weighted by Gasteiger charge is -2.32. The average molecular weight is 330 g/mol. The summed E-state index contributed by atoms with van der Waals surface area (Å²) < 4.78 is 0. The molecule has 0 bridgehead atoms. The predicted octanol–water partition coefficient (Wildman–Crippen LogP) is 3.65. The summed E-state index contributed by atoms with van der Waals surface area (Å²) in [6.07, 6.45) is 0. The van der Waals surface area contributed by atoms with E-state index >= 15 is 0 Å². The number of nitrogen functional groups attached to an aromatic ring is 1. The van der Waals surface area contributed by atoms with Gasteiger partial charge in [0.15, 0.2) is 0 Å². The zero-order chi connectivity index (χ0) is 16.4. The van der Waals surface area contributed by atoms with Crippen molar-refractivity contribution < 1.29 is 0 Å². The zero-order valence-corrected chi connectivity index (χ0v) is 14.6. The molecule has 0 aliphatic carbocycles. The molecule has 3 nitrogen and oxygen atoms in total. The first-order chi connectivity index (χ1) is 11.0. The summed E-state index contributed by atoms with van der Waals surface area (Å²) in [5, 5.41) is 0.626. The normalized spacial score (nSPS) is 16.7. The summed E-state index contributed by atoms with van der Waals surface area (Å²) >= 11 is 6.21. The number of aryl methyl sites for hydroxylation is 1. The number of hydrogen-bond acceptors (Lipinski definition) is 3.